The lowest BCUT2D eigenvalue weighted by atomic mass is 9.93. The number of nitrogens with one attached hydrogen (secondary N) is 1. The van der Waals surface area contributed by atoms with Gasteiger partial charge in [-0.2, -0.15) is 0 Å². The lowest BCUT2D eigenvalue weighted by Crippen LogP contribution is -2.27. The summed E-state index contributed by atoms with van der Waals surface area (Å²) in [6.07, 6.45) is 3.09. The summed E-state index contributed by atoms with van der Waals surface area (Å²) < 4.78 is 28.5. The predicted molar refractivity (Wildman–Crippen MR) is 163 cm³/mol. The van der Waals surface area contributed by atoms with E-state index in [1.165, 1.54) is 0 Å². The average molecular weight is 600 g/mol. The van der Waals surface area contributed by atoms with Crippen LogP contribution in [0.15, 0.2) is 36.4 Å². The number of carbonyl (C=O) groups is 3. The smallest absolute Gasteiger partial charge is 0.404 e. The number of carbonyl (C=O) groups excluding carboxylic acids is 3. The van der Waals surface area contributed by atoms with Gasteiger partial charge in [0.25, 0.3) is 0 Å². The first-order chi connectivity index (χ1) is 21.4. The summed E-state index contributed by atoms with van der Waals surface area (Å²) in [6, 6.07) is 11.7. The highest BCUT2D eigenvalue weighted by atomic mass is 16.5. The number of hydrogen-bond donors (Lipinski definition) is 3. The SMILES string of the molecule is [2H]NC(=O)OCC1c2cc(CCCC(=O)NCCOCCCOC)ccc2-c2c(C(=O)CCCOC(C)CCO)cccc21. The monoisotopic (exact) mass is 599 g/mol. The van der Waals surface area contributed by atoms with Gasteiger partial charge in [0, 0.05) is 64.4 Å². The molecule has 0 saturated heterocycles. The normalized spacial score (nSPS) is 14.4. The van der Waals surface area contributed by atoms with Crippen LogP contribution >= 0.6 is 0 Å². The van der Waals surface area contributed by atoms with Gasteiger partial charge < -0.3 is 35.1 Å². The molecule has 0 fully saturated rings. The Kier molecular flexibility index (Phi) is 13.9. The molecule has 2 unspecified atom stereocenters. The van der Waals surface area contributed by atoms with Crippen molar-refractivity contribution in [1.82, 2.24) is 5.32 Å². The van der Waals surface area contributed by atoms with Crippen LogP contribution in [-0.4, -0.2) is 82.3 Å². The summed E-state index contributed by atoms with van der Waals surface area (Å²) >= 11 is 0. The minimum atomic E-state index is -0.842. The Morgan fingerprint density at radius 1 is 1.05 bits per heavy atom. The molecular weight excluding hydrogens is 552 g/mol. The third-order valence-electron chi connectivity index (χ3n) is 7.48. The fourth-order valence-corrected chi connectivity index (χ4v) is 5.31. The molecule has 0 heterocycles. The van der Waals surface area contributed by atoms with Crippen LogP contribution in [0.1, 0.15) is 78.4 Å². The van der Waals surface area contributed by atoms with E-state index in [-0.39, 0.29) is 36.9 Å². The van der Waals surface area contributed by atoms with E-state index in [2.05, 4.69) is 11.4 Å². The number of methoxy groups -OCH3 is 1. The first kappa shape index (κ1) is 32.6. The van der Waals surface area contributed by atoms with Crippen LogP contribution in [0.3, 0.4) is 0 Å². The maximum atomic E-state index is 13.4. The zero-order valence-corrected chi connectivity index (χ0v) is 25.3. The topological polar surface area (TPSA) is 146 Å². The molecule has 43 heavy (non-hydrogen) atoms. The van der Waals surface area contributed by atoms with E-state index in [0.29, 0.717) is 77.1 Å². The van der Waals surface area contributed by atoms with Gasteiger partial charge in [-0.1, -0.05) is 36.4 Å². The number of ketones is 1. The van der Waals surface area contributed by atoms with Crippen molar-refractivity contribution in [3.8, 4) is 11.1 Å². The maximum Gasteiger partial charge on any atom is 0.404 e. The third-order valence-corrected chi connectivity index (χ3v) is 7.48. The van der Waals surface area contributed by atoms with Crippen LogP contribution in [-0.2, 0) is 30.2 Å². The van der Waals surface area contributed by atoms with Crippen LogP contribution in [0.4, 0.5) is 4.79 Å². The Morgan fingerprint density at radius 2 is 1.91 bits per heavy atom. The second-order valence-corrected chi connectivity index (χ2v) is 10.7. The van der Waals surface area contributed by atoms with Crippen molar-refractivity contribution in [2.75, 3.05) is 53.3 Å². The number of ether oxygens (including phenoxy) is 4. The number of rotatable bonds is 21. The molecule has 1 aliphatic carbocycles. The minimum absolute atomic E-state index is 0.00662. The molecule has 2 amide bonds. The lowest BCUT2D eigenvalue weighted by molar-refractivity contribution is -0.121. The molecule has 3 rings (SSSR count). The van der Waals surface area contributed by atoms with Crippen LogP contribution < -0.4 is 11.0 Å². The van der Waals surface area contributed by atoms with Gasteiger partial charge >= 0.3 is 6.09 Å². The zero-order chi connectivity index (χ0) is 31.7. The number of nitrogens with two attached hydrogens (primary N) is 1. The van der Waals surface area contributed by atoms with E-state index in [9.17, 15) is 14.4 Å². The molecule has 0 spiro atoms. The molecule has 236 valence electrons. The van der Waals surface area contributed by atoms with Crippen LogP contribution in [0, 0.1) is 0 Å². The third kappa shape index (κ3) is 10.7. The predicted octanol–water partition coefficient (Wildman–Crippen LogP) is 4.14. The van der Waals surface area contributed by atoms with Gasteiger partial charge in [0.2, 0.25) is 5.91 Å². The Hall–Kier alpha value is -3.31. The molecule has 0 aliphatic heterocycles. The Bertz CT molecular complexity index is 1220. The standard InChI is InChI=1S/C33H46N2O8/c1-23(14-16-36)42-19-5-10-30(37)27-9-4-8-25-29(22-43-33(34)39)28-21-24(12-13-26(28)32(25)27)7-3-11-31(38)35-15-20-41-18-6-17-40-2/h4,8-9,12-13,21,23,29,36H,3,5-7,10-11,14-20,22H2,1-2H3,(H2,34,39)(H,35,38)/i/hD. The highest BCUT2D eigenvalue weighted by Crippen LogP contribution is 2.47. The summed E-state index contributed by atoms with van der Waals surface area (Å²) in [6.45, 7) is 4.60. The number of hydrogen-bond acceptors (Lipinski definition) is 8. The molecule has 2 aromatic rings. The summed E-state index contributed by atoms with van der Waals surface area (Å²) in [4.78, 5) is 37.4. The van der Waals surface area contributed by atoms with Gasteiger partial charge in [-0.15, -0.1) is 0 Å². The molecule has 10 heteroatoms. The fourth-order valence-electron chi connectivity index (χ4n) is 5.31. The van der Waals surface area contributed by atoms with Gasteiger partial charge in [0.1, 0.15) is 6.61 Å². The van der Waals surface area contributed by atoms with E-state index in [1.807, 2.05) is 37.3 Å². The molecule has 10 nitrogen and oxygen atoms in total. The van der Waals surface area contributed by atoms with E-state index >= 15 is 0 Å². The van der Waals surface area contributed by atoms with E-state index in [4.69, 9.17) is 25.5 Å². The summed E-state index contributed by atoms with van der Waals surface area (Å²) in [7, 11) is 1.65. The summed E-state index contributed by atoms with van der Waals surface area (Å²) in [5.74, 6) is -0.310. The van der Waals surface area contributed by atoms with Gasteiger partial charge in [-0.3, -0.25) is 9.59 Å². The van der Waals surface area contributed by atoms with Crippen LogP contribution in [0.25, 0.3) is 11.1 Å². The molecule has 0 aromatic heterocycles. The van der Waals surface area contributed by atoms with Gasteiger partial charge in [-0.25, -0.2) is 4.79 Å². The van der Waals surface area contributed by atoms with E-state index < -0.39 is 6.09 Å². The lowest BCUT2D eigenvalue weighted by Gasteiger charge is -2.14. The van der Waals surface area contributed by atoms with Crippen molar-refractivity contribution in [3.63, 3.8) is 0 Å². The minimum Gasteiger partial charge on any atom is -0.449 e. The molecule has 4 N–H and O–H groups in total. The van der Waals surface area contributed by atoms with Crippen molar-refractivity contribution < 1.29 is 39.8 Å². The number of aliphatic hydroxyl groups is 1. The zero-order valence-electron chi connectivity index (χ0n) is 26.3. The Balaban J connectivity index is 1.65. The van der Waals surface area contributed by atoms with Crippen molar-refractivity contribution in [2.24, 2.45) is 5.73 Å². The van der Waals surface area contributed by atoms with Crippen LogP contribution in [0.2, 0.25) is 1.41 Å². The number of primary amides is 1. The Labute approximate surface area is 255 Å². The van der Waals surface area contributed by atoms with Gasteiger partial charge in [0.05, 0.1) is 12.7 Å². The first-order valence-electron chi connectivity index (χ1n) is 15.6. The second-order valence-electron chi connectivity index (χ2n) is 10.7. The molecule has 0 radical (unpaired) electrons. The van der Waals surface area contributed by atoms with Gasteiger partial charge in [-0.05, 0) is 66.8 Å². The average Bonchev–Trinajstić information content (AvgIpc) is 3.34. The number of fused-ring (bicyclic) bond motifs is 3. The largest absolute Gasteiger partial charge is 0.449 e. The molecule has 2 atom stereocenters. The summed E-state index contributed by atoms with van der Waals surface area (Å²) in [5, 5.41) is 11.9. The van der Waals surface area contributed by atoms with Gasteiger partial charge in [0.15, 0.2) is 7.20 Å². The highest BCUT2D eigenvalue weighted by molar-refractivity contribution is 6.04. The fraction of sp³-hybridized carbons (Fsp3) is 0.545. The molecule has 0 saturated carbocycles. The van der Waals surface area contributed by atoms with E-state index in [0.717, 1.165) is 34.2 Å². The van der Waals surface area contributed by atoms with Crippen molar-refractivity contribution in [3.05, 3.63) is 58.7 Å². The highest BCUT2D eigenvalue weighted by Gasteiger charge is 2.33. The number of amides is 2. The maximum absolute atomic E-state index is 13.4. The second kappa shape index (κ2) is 18.4. The quantitative estimate of drug-likeness (QED) is 0.143. The molecular formula is C33H46N2O8. The molecule has 1 aliphatic rings. The molecule has 0 bridgehead atoms. The number of aliphatic hydroxyl groups excluding tert-OH is 1. The molecule has 2 aromatic carbocycles. The first-order valence-corrected chi connectivity index (χ1v) is 15.1. The summed E-state index contributed by atoms with van der Waals surface area (Å²) in [5.41, 5.74) is 7.03. The van der Waals surface area contributed by atoms with Crippen molar-refractivity contribution in [2.45, 2.75) is 63.9 Å². The Morgan fingerprint density at radius 3 is 2.70 bits per heavy atom. The number of Topliss-reactive ketones (excluding diaryl/α,β-unsaturated/α-hetero) is 1. The van der Waals surface area contributed by atoms with Crippen molar-refractivity contribution >= 4 is 17.8 Å². The van der Waals surface area contributed by atoms with E-state index in [1.54, 1.807) is 12.8 Å². The number of benzene rings is 2. The van der Waals surface area contributed by atoms with Crippen LogP contribution in [0.5, 0.6) is 0 Å². The van der Waals surface area contributed by atoms with Crippen molar-refractivity contribution in [1.29, 1.82) is 0 Å². The number of aryl methyl sites for hydroxylation is 1.